The molecule has 0 amide bonds. The Kier molecular flexibility index (Phi) is 5.25. The van der Waals surface area contributed by atoms with Crippen molar-refractivity contribution in [1.82, 2.24) is 4.98 Å². The molecule has 0 radical (unpaired) electrons. The van der Waals surface area contributed by atoms with Gasteiger partial charge in [0.25, 0.3) is 0 Å². The Morgan fingerprint density at radius 3 is 2.71 bits per heavy atom. The maximum atomic E-state index is 13.8. The minimum Gasteiger partial charge on any atom is -0.434 e. The Morgan fingerprint density at radius 2 is 1.96 bits per heavy atom. The molecule has 0 bridgehead atoms. The van der Waals surface area contributed by atoms with Crippen molar-refractivity contribution in [3.63, 3.8) is 0 Å². The van der Waals surface area contributed by atoms with Crippen molar-refractivity contribution in [3.05, 3.63) is 48.2 Å². The summed E-state index contributed by atoms with van der Waals surface area (Å²) in [5.41, 5.74) is 6.62. The lowest BCUT2D eigenvalue weighted by Crippen LogP contribution is -2.29. The maximum Gasteiger partial charge on any atom is 0.242 e. The third-order valence-electron chi connectivity index (χ3n) is 4.34. The van der Waals surface area contributed by atoms with Crippen molar-refractivity contribution in [2.24, 2.45) is 11.7 Å². The van der Waals surface area contributed by atoms with Crippen LogP contribution in [-0.2, 0) is 0 Å². The number of nitrogens with two attached hydrogens (primary N) is 1. The minimum atomic E-state index is -0.757. The van der Waals surface area contributed by atoms with E-state index in [0.717, 1.165) is 44.4 Å². The molecule has 1 heterocycles. The van der Waals surface area contributed by atoms with Crippen molar-refractivity contribution in [2.75, 3.05) is 11.9 Å². The summed E-state index contributed by atoms with van der Waals surface area (Å²) < 4.78 is 32.3. The van der Waals surface area contributed by atoms with Crippen LogP contribution in [0.4, 0.5) is 14.5 Å². The van der Waals surface area contributed by atoms with Gasteiger partial charge in [-0.2, -0.15) is 0 Å². The number of nitrogens with one attached hydrogen (secondary N) is 1. The highest BCUT2D eigenvalue weighted by Gasteiger charge is 2.19. The molecule has 2 aromatic rings. The Labute approximate surface area is 140 Å². The molecule has 1 aliphatic carbocycles. The smallest absolute Gasteiger partial charge is 0.242 e. The summed E-state index contributed by atoms with van der Waals surface area (Å²) in [5, 5.41) is 3.32. The zero-order chi connectivity index (χ0) is 16.9. The molecule has 0 spiro atoms. The van der Waals surface area contributed by atoms with Crippen LogP contribution in [0.15, 0.2) is 36.5 Å². The van der Waals surface area contributed by atoms with E-state index in [-0.39, 0.29) is 11.6 Å². The maximum absolute atomic E-state index is 13.8. The summed E-state index contributed by atoms with van der Waals surface area (Å²) in [4.78, 5) is 4.15. The van der Waals surface area contributed by atoms with Crippen LogP contribution in [-0.4, -0.2) is 17.6 Å². The van der Waals surface area contributed by atoms with E-state index in [9.17, 15) is 8.78 Å². The van der Waals surface area contributed by atoms with Crippen LogP contribution >= 0.6 is 0 Å². The molecule has 0 atom stereocenters. The third kappa shape index (κ3) is 4.20. The van der Waals surface area contributed by atoms with Gasteiger partial charge in [0.2, 0.25) is 5.88 Å². The van der Waals surface area contributed by atoms with E-state index in [0.29, 0.717) is 17.6 Å². The first-order valence-corrected chi connectivity index (χ1v) is 8.19. The van der Waals surface area contributed by atoms with Crippen LogP contribution in [0.3, 0.4) is 0 Å². The number of anilines is 1. The van der Waals surface area contributed by atoms with Gasteiger partial charge in [-0.25, -0.2) is 13.8 Å². The van der Waals surface area contributed by atoms with Crippen molar-refractivity contribution >= 4 is 5.69 Å². The SMILES string of the molecule is NC1CCC(CNc2cccnc2Oc2ccc(F)cc2F)CC1. The summed E-state index contributed by atoms with van der Waals surface area (Å²) in [7, 11) is 0. The summed E-state index contributed by atoms with van der Waals surface area (Å²) in [6, 6.07) is 7.13. The van der Waals surface area contributed by atoms with Gasteiger partial charge in [0.05, 0.1) is 5.69 Å². The van der Waals surface area contributed by atoms with E-state index in [1.165, 1.54) is 6.07 Å². The van der Waals surface area contributed by atoms with Gasteiger partial charge in [-0.15, -0.1) is 0 Å². The van der Waals surface area contributed by atoms with Gasteiger partial charge in [0.1, 0.15) is 5.82 Å². The monoisotopic (exact) mass is 333 g/mol. The van der Waals surface area contributed by atoms with Gasteiger partial charge in [0.15, 0.2) is 11.6 Å². The first-order chi connectivity index (χ1) is 11.6. The van der Waals surface area contributed by atoms with Crippen LogP contribution in [0.5, 0.6) is 11.6 Å². The fourth-order valence-corrected chi connectivity index (χ4v) is 2.92. The van der Waals surface area contributed by atoms with Crippen molar-refractivity contribution in [1.29, 1.82) is 0 Å². The predicted molar refractivity (Wildman–Crippen MR) is 89.1 cm³/mol. The molecule has 1 aliphatic rings. The van der Waals surface area contributed by atoms with Gasteiger partial charge in [-0.1, -0.05) is 0 Å². The predicted octanol–water partition coefficient (Wildman–Crippen LogP) is 4.08. The lowest BCUT2D eigenvalue weighted by Gasteiger charge is -2.26. The molecule has 0 unspecified atom stereocenters. The third-order valence-corrected chi connectivity index (χ3v) is 4.34. The summed E-state index contributed by atoms with van der Waals surface area (Å²) >= 11 is 0. The molecule has 128 valence electrons. The zero-order valence-electron chi connectivity index (χ0n) is 13.3. The topological polar surface area (TPSA) is 60.2 Å². The van der Waals surface area contributed by atoms with Gasteiger partial charge in [-0.3, -0.25) is 0 Å². The molecule has 3 N–H and O–H groups in total. The second-order valence-electron chi connectivity index (χ2n) is 6.19. The highest BCUT2D eigenvalue weighted by molar-refractivity contribution is 5.53. The molecule has 1 aromatic carbocycles. The van der Waals surface area contributed by atoms with E-state index in [4.69, 9.17) is 10.5 Å². The van der Waals surface area contributed by atoms with Gasteiger partial charge in [0, 0.05) is 24.8 Å². The fraction of sp³-hybridized carbons (Fsp3) is 0.389. The van der Waals surface area contributed by atoms with Crippen LogP contribution < -0.4 is 15.8 Å². The molecule has 4 nitrogen and oxygen atoms in total. The Morgan fingerprint density at radius 1 is 1.17 bits per heavy atom. The molecular weight excluding hydrogens is 312 g/mol. The molecule has 6 heteroatoms. The number of benzene rings is 1. The largest absolute Gasteiger partial charge is 0.434 e. The van der Waals surface area contributed by atoms with E-state index in [2.05, 4.69) is 10.3 Å². The molecule has 1 aromatic heterocycles. The standard InChI is InChI=1S/C18H21F2N3O/c19-13-5-8-17(15(20)10-13)24-18-16(2-1-9-22-18)23-11-12-3-6-14(21)7-4-12/h1-2,5,8-10,12,14,23H,3-4,6-7,11,21H2. The number of hydrogen-bond donors (Lipinski definition) is 2. The summed E-state index contributed by atoms with van der Waals surface area (Å²) in [6.07, 6.45) is 5.85. The van der Waals surface area contributed by atoms with Crippen LogP contribution in [0.25, 0.3) is 0 Å². The average molecular weight is 333 g/mol. The second-order valence-corrected chi connectivity index (χ2v) is 6.19. The lowest BCUT2D eigenvalue weighted by atomic mass is 9.86. The van der Waals surface area contributed by atoms with Gasteiger partial charge in [-0.05, 0) is 55.9 Å². The molecule has 3 rings (SSSR count). The fourth-order valence-electron chi connectivity index (χ4n) is 2.92. The van der Waals surface area contributed by atoms with Crippen LogP contribution in [0.2, 0.25) is 0 Å². The van der Waals surface area contributed by atoms with E-state index in [1.807, 2.05) is 6.07 Å². The Hall–Kier alpha value is -2.21. The number of pyridine rings is 1. The van der Waals surface area contributed by atoms with Crippen LogP contribution in [0, 0.1) is 17.6 Å². The lowest BCUT2D eigenvalue weighted by molar-refractivity contribution is 0.338. The Bertz CT molecular complexity index is 688. The van der Waals surface area contributed by atoms with Crippen molar-refractivity contribution in [2.45, 2.75) is 31.7 Å². The van der Waals surface area contributed by atoms with Crippen molar-refractivity contribution < 1.29 is 13.5 Å². The molecule has 1 saturated carbocycles. The summed E-state index contributed by atoms with van der Waals surface area (Å²) in [6.45, 7) is 0.792. The van der Waals surface area contributed by atoms with Gasteiger partial charge >= 0.3 is 0 Å². The minimum absolute atomic E-state index is 0.0539. The first kappa shape index (κ1) is 16.6. The highest BCUT2D eigenvalue weighted by Crippen LogP contribution is 2.30. The highest BCUT2D eigenvalue weighted by atomic mass is 19.1. The second kappa shape index (κ2) is 7.57. The summed E-state index contributed by atoms with van der Waals surface area (Å²) in [5.74, 6) is -0.625. The molecular formula is C18H21F2N3O. The molecule has 1 fully saturated rings. The van der Waals surface area contributed by atoms with E-state index in [1.54, 1.807) is 12.3 Å². The van der Waals surface area contributed by atoms with Gasteiger partial charge < -0.3 is 15.8 Å². The van der Waals surface area contributed by atoms with Crippen LogP contribution in [0.1, 0.15) is 25.7 Å². The first-order valence-electron chi connectivity index (χ1n) is 8.19. The quantitative estimate of drug-likeness (QED) is 0.865. The number of nitrogens with zero attached hydrogens (tertiary/aromatic N) is 1. The number of rotatable bonds is 5. The average Bonchev–Trinajstić information content (AvgIpc) is 2.58. The van der Waals surface area contributed by atoms with Crippen molar-refractivity contribution in [3.8, 4) is 11.6 Å². The Balaban J connectivity index is 1.66. The number of aromatic nitrogens is 1. The number of halogens is 2. The molecule has 0 aliphatic heterocycles. The number of hydrogen-bond acceptors (Lipinski definition) is 4. The van der Waals surface area contributed by atoms with E-state index < -0.39 is 11.6 Å². The van der Waals surface area contributed by atoms with E-state index >= 15 is 0 Å². The zero-order valence-corrected chi connectivity index (χ0v) is 13.3. The molecule has 0 saturated heterocycles. The normalized spacial score (nSPS) is 20.6. The molecule has 24 heavy (non-hydrogen) atoms. The number of ether oxygens (including phenoxy) is 1.